The second-order valence-electron chi connectivity index (χ2n) is 4.73. The van der Waals surface area contributed by atoms with Gasteiger partial charge in [-0.25, -0.2) is 0 Å². The third-order valence-corrected chi connectivity index (χ3v) is 3.38. The SMILES string of the molecule is CN1C=C(c2ccc3ccccc3c2)CC(=O)C1=O. The lowest BCUT2D eigenvalue weighted by molar-refractivity contribution is -0.142. The van der Waals surface area contributed by atoms with Crippen LogP contribution in [0.25, 0.3) is 16.3 Å². The zero-order valence-electron chi connectivity index (χ0n) is 10.6. The fraction of sp³-hybridized carbons (Fsp3) is 0.125. The van der Waals surface area contributed by atoms with Crippen molar-refractivity contribution < 1.29 is 9.59 Å². The summed E-state index contributed by atoms with van der Waals surface area (Å²) in [5.41, 5.74) is 1.88. The standard InChI is InChI=1S/C16H13NO2/c1-17-10-14(9-15(18)16(17)19)13-7-6-11-4-2-3-5-12(11)8-13/h2-8,10H,9H2,1H3. The average molecular weight is 251 g/mol. The highest BCUT2D eigenvalue weighted by Crippen LogP contribution is 2.26. The van der Waals surface area contributed by atoms with Crippen molar-refractivity contribution in [2.24, 2.45) is 0 Å². The molecular weight excluding hydrogens is 238 g/mol. The van der Waals surface area contributed by atoms with Crippen molar-refractivity contribution in [3.63, 3.8) is 0 Å². The molecule has 3 nitrogen and oxygen atoms in total. The van der Waals surface area contributed by atoms with E-state index in [0.29, 0.717) is 0 Å². The first kappa shape index (κ1) is 11.7. The summed E-state index contributed by atoms with van der Waals surface area (Å²) in [5, 5.41) is 2.30. The lowest BCUT2D eigenvalue weighted by Crippen LogP contribution is -2.33. The molecule has 94 valence electrons. The van der Waals surface area contributed by atoms with Crippen LogP contribution in [0.3, 0.4) is 0 Å². The Balaban J connectivity index is 2.07. The van der Waals surface area contributed by atoms with Crippen molar-refractivity contribution >= 4 is 28.0 Å². The van der Waals surface area contributed by atoms with Gasteiger partial charge in [0.25, 0.3) is 5.91 Å². The zero-order valence-corrected chi connectivity index (χ0v) is 10.6. The number of hydrogen-bond acceptors (Lipinski definition) is 2. The molecule has 0 aromatic heterocycles. The van der Waals surface area contributed by atoms with Crippen molar-refractivity contribution in [3.05, 3.63) is 54.2 Å². The summed E-state index contributed by atoms with van der Waals surface area (Å²) in [4.78, 5) is 24.4. The van der Waals surface area contributed by atoms with Crippen LogP contribution in [-0.4, -0.2) is 23.6 Å². The summed E-state index contributed by atoms with van der Waals surface area (Å²) in [5.74, 6) is -0.794. The third-order valence-electron chi connectivity index (χ3n) is 3.38. The van der Waals surface area contributed by atoms with Crippen molar-refractivity contribution in [1.82, 2.24) is 4.90 Å². The highest BCUT2D eigenvalue weighted by atomic mass is 16.2. The van der Waals surface area contributed by atoms with Gasteiger partial charge in [-0.15, -0.1) is 0 Å². The van der Waals surface area contributed by atoms with Gasteiger partial charge in [-0.05, 0) is 28.0 Å². The molecule has 19 heavy (non-hydrogen) atoms. The Kier molecular flexibility index (Phi) is 2.67. The minimum Gasteiger partial charge on any atom is -0.315 e. The van der Waals surface area contributed by atoms with Gasteiger partial charge in [0.2, 0.25) is 5.78 Å². The van der Waals surface area contributed by atoms with Gasteiger partial charge in [0.05, 0.1) is 0 Å². The van der Waals surface area contributed by atoms with Gasteiger partial charge in [-0.3, -0.25) is 9.59 Å². The first-order valence-corrected chi connectivity index (χ1v) is 6.15. The van der Waals surface area contributed by atoms with Crippen LogP contribution in [0.4, 0.5) is 0 Å². The monoisotopic (exact) mass is 251 g/mol. The lowest BCUT2D eigenvalue weighted by atomic mass is 9.96. The molecule has 1 aliphatic heterocycles. The van der Waals surface area contributed by atoms with Crippen LogP contribution >= 0.6 is 0 Å². The molecule has 0 saturated heterocycles. The summed E-state index contributed by atoms with van der Waals surface area (Å²) in [7, 11) is 1.61. The van der Waals surface area contributed by atoms with E-state index in [9.17, 15) is 9.59 Å². The molecular formula is C16H13NO2. The molecule has 0 saturated carbocycles. The quantitative estimate of drug-likeness (QED) is 0.731. The van der Waals surface area contributed by atoms with E-state index in [4.69, 9.17) is 0 Å². The number of Topliss-reactive ketones (excluding diaryl/α,β-unsaturated/α-hetero) is 1. The van der Waals surface area contributed by atoms with Crippen LogP contribution in [0.15, 0.2) is 48.7 Å². The van der Waals surface area contributed by atoms with E-state index in [0.717, 1.165) is 16.5 Å². The minimum absolute atomic E-state index is 0.182. The van der Waals surface area contributed by atoms with Gasteiger partial charge < -0.3 is 4.90 Å². The molecule has 0 atom stereocenters. The first-order chi connectivity index (χ1) is 9.15. The van der Waals surface area contributed by atoms with E-state index in [1.54, 1.807) is 13.2 Å². The summed E-state index contributed by atoms with van der Waals surface area (Å²) in [6.45, 7) is 0. The van der Waals surface area contributed by atoms with Gasteiger partial charge in [-0.2, -0.15) is 0 Å². The second kappa shape index (κ2) is 4.35. The first-order valence-electron chi connectivity index (χ1n) is 6.15. The normalized spacial score (nSPS) is 15.8. The number of allylic oxidation sites excluding steroid dienone is 1. The number of amides is 1. The lowest BCUT2D eigenvalue weighted by Gasteiger charge is -2.20. The van der Waals surface area contributed by atoms with E-state index >= 15 is 0 Å². The maximum absolute atomic E-state index is 11.6. The van der Waals surface area contributed by atoms with E-state index in [1.165, 1.54) is 10.3 Å². The summed E-state index contributed by atoms with van der Waals surface area (Å²) < 4.78 is 0. The molecule has 3 rings (SSSR count). The third kappa shape index (κ3) is 2.03. The van der Waals surface area contributed by atoms with Crippen molar-refractivity contribution in [2.45, 2.75) is 6.42 Å². The molecule has 0 radical (unpaired) electrons. The van der Waals surface area contributed by atoms with E-state index in [1.807, 2.05) is 30.3 Å². The predicted octanol–water partition coefficient (Wildman–Crippen LogP) is 2.61. The second-order valence-corrected chi connectivity index (χ2v) is 4.73. The Morgan fingerprint density at radius 1 is 1.00 bits per heavy atom. The van der Waals surface area contributed by atoms with Crippen molar-refractivity contribution in [1.29, 1.82) is 0 Å². The summed E-state index contributed by atoms with van der Waals surface area (Å²) in [6.07, 6.45) is 1.93. The van der Waals surface area contributed by atoms with Crippen LogP contribution in [0.1, 0.15) is 12.0 Å². The minimum atomic E-state index is -0.440. The number of rotatable bonds is 1. The number of fused-ring (bicyclic) bond motifs is 1. The number of ketones is 1. The number of carbonyl (C=O) groups is 2. The van der Waals surface area contributed by atoms with Crippen LogP contribution < -0.4 is 0 Å². The number of nitrogens with zero attached hydrogens (tertiary/aromatic N) is 1. The molecule has 2 aromatic rings. The summed E-state index contributed by atoms with van der Waals surface area (Å²) in [6, 6.07) is 14.2. The highest BCUT2D eigenvalue weighted by molar-refractivity contribution is 6.39. The molecule has 0 bridgehead atoms. The Morgan fingerprint density at radius 3 is 2.47 bits per heavy atom. The van der Waals surface area contributed by atoms with Crippen molar-refractivity contribution in [3.8, 4) is 0 Å². The van der Waals surface area contributed by atoms with E-state index in [2.05, 4.69) is 12.1 Å². The zero-order chi connectivity index (χ0) is 13.4. The molecule has 0 aliphatic carbocycles. The van der Waals surface area contributed by atoms with Gasteiger partial charge >= 0.3 is 0 Å². The molecule has 1 amide bonds. The highest BCUT2D eigenvalue weighted by Gasteiger charge is 2.24. The molecule has 0 spiro atoms. The fourth-order valence-electron chi connectivity index (χ4n) is 2.35. The Morgan fingerprint density at radius 2 is 1.74 bits per heavy atom. The maximum atomic E-state index is 11.6. The summed E-state index contributed by atoms with van der Waals surface area (Å²) >= 11 is 0. The number of hydrogen-bond donors (Lipinski definition) is 0. The molecule has 1 heterocycles. The van der Waals surface area contributed by atoms with E-state index in [-0.39, 0.29) is 12.2 Å². The largest absolute Gasteiger partial charge is 0.315 e. The molecule has 0 fully saturated rings. The fourth-order valence-corrected chi connectivity index (χ4v) is 2.35. The Bertz CT molecular complexity index is 716. The smallest absolute Gasteiger partial charge is 0.293 e. The Labute approximate surface area is 111 Å². The van der Waals surface area contributed by atoms with Crippen LogP contribution in [0.2, 0.25) is 0 Å². The van der Waals surface area contributed by atoms with Gasteiger partial charge in [0.1, 0.15) is 0 Å². The topological polar surface area (TPSA) is 37.4 Å². The van der Waals surface area contributed by atoms with Gasteiger partial charge in [0, 0.05) is 19.7 Å². The molecule has 2 aromatic carbocycles. The molecule has 1 aliphatic rings. The Hall–Kier alpha value is -2.42. The van der Waals surface area contributed by atoms with Gasteiger partial charge in [0.15, 0.2) is 0 Å². The van der Waals surface area contributed by atoms with E-state index < -0.39 is 5.91 Å². The number of likely N-dealkylation sites (N-methyl/N-ethyl adjacent to an activating group) is 1. The van der Waals surface area contributed by atoms with Crippen molar-refractivity contribution in [2.75, 3.05) is 7.05 Å². The van der Waals surface area contributed by atoms with Crippen LogP contribution in [0.5, 0.6) is 0 Å². The maximum Gasteiger partial charge on any atom is 0.293 e. The molecule has 0 N–H and O–H groups in total. The molecule has 0 unspecified atom stereocenters. The predicted molar refractivity (Wildman–Crippen MR) is 74.3 cm³/mol. The average Bonchev–Trinajstić information content (AvgIpc) is 2.43. The van der Waals surface area contributed by atoms with Gasteiger partial charge in [-0.1, -0.05) is 36.4 Å². The number of benzene rings is 2. The number of carbonyl (C=O) groups excluding carboxylic acids is 2. The van der Waals surface area contributed by atoms with Crippen LogP contribution in [0, 0.1) is 0 Å². The molecule has 3 heteroatoms. The van der Waals surface area contributed by atoms with Crippen LogP contribution in [-0.2, 0) is 9.59 Å².